The number of hydrogen-bond donors (Lipinski definition) is 0. The summed E-state index contributed by atoms with van der Waals surface area (Å²) < 4.78 is 1.96. The molecule has 1 aliphatic carbocycles. The van der Waals surface area contributed by atoms with E-state index in [2.05, 4.69) is 21.0 Å². The Morgan fingerprint density at radius 2 is 1.95 bits per heavy atom. The van der Waals surface area contributed by atoms with Gasteiger partial charge < -0.3 is 4.90 Å². The van der Waals surface area contributed by atoms with Crippen LogP contribution >= 0.6 is 0 Å². The Morgan fingerprint density at radius 1 is 1.23 bits per heavy atom. The van der Waals surface area contributed by atoms with E-state index in [1.807, 2.05) is 17.9 Å². The second kappa shape index (κ2) is 6.82. The van der Waals surface area contributed by atoms with Gasteiger partial charge in [-0.1, -0.05) is 0 Å². The zero-order valence-corrected chi connectivity index (χ0v) is 13.9. The van der Waals surface area contributed by atoms with Gasteiger partial charge in [-0.05, 0) is 51.1 Å². The summed E-state index contributed by atoms with van der Waals surface area (Å²) in [7, 11) is 2.00. The van der Waals surface area contributed by atoms with Crippen LogP contribution in [0.25, 0.3) is 0 Å². The van der Waals surface area contributed by atoms with Gasteiger partial charge in [0.05, 0.1) is 5.69 Å². The molecule has 2 fully saturated rings. The van der Waals surface area contributed by atoms with Crippen LogP contribution in [0.5, 0.6) is 0 Å². The number of carbonyl (C=O) groups is 1. The van der Waals surface area contributed by atoms with E-state index in [0.717, 1.165) is 32.5 Å². The van der Waals surface area contributed by atoms with E-state index in [9.17, 15) is 4.79 Å². The second-order valence-electron chi connectivity index (χ2n) is 6.82. The number of nitrogens with zero attached hydrogens (tertiary/aromatic N) is 4. The summed E-state index contributed by atoms with van der Waals surface area (Å²) in [5.41, 5.74) is 1.26. The van der Waals surface area contributed by atoms with Crippen molar-refractivity contribution in [3.8, 4) is 0 Å². The Kier molecular flexibility index (Phi) is 4.81. The molecule has 1 aliphatic heterocycles. The van der Waals surface area contributed by atoms with Crippen molar-refractivity contribution in [1.29, 1.82) is 0 Å². The third-order valence-electron chi connectivity index (χ3n) is 5.32. The molecule has 0 bridgehead atoms. The molecule has 2 heterocycles. The van der Waals surface area contributed by atoms with Crippen molar-refractivity contribution in [2.45, 2.75) is 64.1 Å². The van der Waals surface area contributed by atoms with Crippen LogP contribution < -0.4 is 0 Å². The standard InChI is InChI=1S/C17H28N4O/c1-14(22)21(15-5-3-6-15)16-7-4-11-20(12-9-16)13-17-8-10-18-19(17)2/h8,10,15-16H,3-7,9,11-13H2,1-2H3/t16-/m0/s1. The van der Waals surface area contributed by atoms with Crippen LogP contribution in [0.1, 0.15) is 51.1 Å². The number of likely N-dealkylation sites (tertiary alicyclic amines) is 1. The van der Waals surface area contributed by atoms with Gasteiger partial charge in [0.2, 0.25) is 5.91 Å². The molecule has 0 radical (unpaired) electrons. The molecule has 2 aliphatic rings. The van der Waals surface area contributed by atoms with Crippen LogP contribution in [-0.4, -0.2) is 50.7 Å². The molecule has 3 rings (SSSR count). The highest BCUT2D eigenvalue weighted by atomic mass is 16.2. The quantitative estimate of drug-likeness (QED) is 0.856. The molecule has 5 nitrogen and oxygen atoms in total. The molecule has 1 aromatic heterocycles. The molecule has 1 aromatic rings. The van der Waals surface area contributed by atoms with Crippen LogP contribution in [0.15, 0.2) is 12.3 Å². The Labute approximate surface area is 133 Å². The fourth-order valence-corrected chi connectivity index (χ4v) is 3.84. The Morgan fingerprint density at radius 3 is 2.55 bits per heavy atom. The van der Waals surface area contributed by atoms with Gasteiger partial charge in [-0.15, -0.1) is 0 Å². The van der Waals surface area contributed by atoms with Crippen molar-refractivity contribution >= 4 is 5.91 Å². The molecule has 5 heteroatoms. The first-order valence-electron chi connectivity index (χ1n) is 8.63. The SMILES string of the molecule is CC(=O)N(C1CCC1)[C@H]1CCCN(Cc2ccnn2C)CC1. The van der Waals surface area contributed by atoms with Crippen molar-refractivity contribution in [2.75, 3.05) is 13.1 Å². The first kappa shape index (κ1) is 15.5. The van der Waals surface area contributed by atoms with Crippen molar-refractivity contribution in [3.63, 3.8) is 0 Å². The van der Waals surface area contributed by atoms with Gasteiger partial charge >= 0.3 is 0 Å². The van der Waals surface area contributed by atoms with Gasteiger partial charge in [-0.3, -0.25) is 14.4 Å². The summed E-state index contributed by atoms with van der Waals surface area (Å²) in [5, 5.41) is 4.25. The zero-order chi connectivity index (χ0) is 15.5. The van der Waals surface area contributed by atoms with E-state index in [1.165, 1.54) is 31.4 Å². The minimum absolute atomic E-state index is 0.273. The molecule has 22 heavy (non-hydrogen) atoms. The van der Waals surface area contributed by atoms with Crippen molar-refractivity contribution in [3.05, 3.63) is 18.0 Å². The topological polar surface area (TPSA) is 41.4 Å². The minimum atomic E-state index is 0.273. The lowest BCUT2D eigenvalue weighted by atomic mass is 9.89. The Balaban J connectivity index is 1.59. The number of hydrogen-bond acceptors (Lipinski definition) is 3. The van der Waals surface area contributed by atoms with E-state index in [1.54, 1.807) is 6.92 Å². The average Bonchev–Trinajstić information content (AvgIpc) is 2.70. The predicted molar refractivity (Wildman–Crippen MR) is 86.3 cm³/mol. The molecule has 1 saturated carbocycles. The van der Waals surface area contributed by atoms with Gasteiger partial charge in [0.15, 0.2) is 0 Å². The molecule has 0 aromatic carbocycles. The summed E-state index contributed by atoms with van der Waals surface area (Å²) in [4.78, 5) is 16.8. The summed E-state index contributed by atoms with van der Waals surface area (Å²) in [6, 6.07) is 3.06. The summed E-state index contributed by atoms with van der Waals surface area (Å²) in [6.45, 7) is 4.91. The third kappa shape index (κ3) is 3.35. The molecular formula is C17H28N4O. The highest BCUT2D eigenvalue weighted by molar-refractivity contribution is 5.74. The van der Waals surface area contributed by atoms with Gasteiger partial charge in [-0.25, -0.2) is 0 Å². The first-order chi connectivity index (χ1) is 10.6. The van der Waals surface area contributed by atoms with E-state index in [-0.39, 0.29) is 5.91 Å². The van der Waals surface area contributed by atoms with Crippen molar-refractivity contribution in [1.82, 2.24) is 19.6 Å². The van der Waals surface area contributed by atoms with Crippen molar-refractivity contribution in [2.24, 2.45) is 7.05 Å². The summed E-state index contributed by atoms with van der Waals surface area (Å²) in [5.74, 6) is 0.273. The number of aromatic nitrogens is 2. The largest absolute Gasteiger partial charge is 0.337 e. The van der Waals surface area contributed by atoms with Gasteiger partial charge in [0.1, 0.15) is 0 Å². The fourth-order valence-electron chi connectivity index (χ4n) is 3.84. The third-order valence-corrected chi connectivity index (χ3v) is 5.32. The predicted octanol–water partition coefficient (Wildman–Crippen LogP) is 2.18. The van der Waals surface area contributed by atoms with Crippen LogP contribution in [0.4, 0.5) is 0 Å². The van der Waals surface area contributed by atoms with Crippen LogP contribution in [0.3, 0.4) is 0 Å². The molecule has 0 N–H and O–H groups in total. The molecular weight excluding hydrogens is 276 g/mol. The maximum Gasteiger partial charge on any atom is 0.219 e. The van der Waals surface area contributed by atoms with E-state index in [4.69, 9.17) is 0 Å². The monoisotopic (exact) mass is 304 g/mol. The average molecular weight is 304 g/mol. The van der Waals surface area contributed by atoms with E-state index < -0.39 is 0 Å². The van der Waals surface area contributed by atoms with Gasteiger partial charge in [0, 0.05) is 45.3 Å². The Bertz CT molecular complexity index is 509. The van der Waals surface area contributed by atoms with Gasteiger partial charge in [-0.2, -0.15) is 5.10 Å². The maximum absolute atomic E-state index is 12.1. The second-order valence-corrected chi connectivity index (χ2v) is 6.82. The van der Waals surface area contributed by atoms with Crippen molar-refractivity contribution < 1.29 is 4.79 Å². The molecule has 1 amide bonds. The fraction of sp³-hybridized carbons (Fsp3) is 0.765. The number of carbonyl (C=O) groups excluding carboxylic acids is 1. The van der Waals surface area contributed by atoms with E-state index >= 15 is 0 Å². The summed E-state index contributed by atoms with van der Waals surface area (Å²) >= 11 is 0. The number of aryl methyl sites for hydroxylation is 1. The summed E-state index contributed by atoms with van der Waals surface area (Å²) in [6.07, 6.45) is 8.99. The first-order valence-corrected chi connectivity index (χ1v) is 8.63. The maximum atomic E-state index is 12.1. The number of rotatable bonds is 4. The van der Waals surface area contributed by atoms with Crippen LogP contribution in [0, 0.1) is 0 Å². The lowest BCUT2D eigenvalue weighted by Gasteiger charge is -2.42. The zero-order valence-electron chi connectivity index (χ0n) is 13.9. The molecule has 1 atom stereocenters. The smallest absolute Gasteiger partial charge is 0.219 e. The van der Waals surface area contributed by atoms with Gasteiger partial charge in [0.25, 0.3) is 0 Å². The molecule has 1 saturated heterocycles. The normalized spacial score (nSPS) is 23.8. The van der Waals surface area contributed by atoms with Crippen LogP contribution in [0.2, 0.25) is 0 Å². The minimum Gasteiger partial charge on any atom is -0.337 e. The van der Waals surface area contributed by atoms with E-state index in [0.29, 0.717) is 12.1 Å². The number of amides is 1. The van der Waals surface area contributed by atoms with Crippen LogP contribution in [-0.2, 0) is 18.4 Å². The molecule has 122 valence electrons. The lowest BCUT2D eigenvalue weighted by Crippen LogP contribution is -2.49. The highest BCUT2D eigenvalue weighted by Gasteiger charge is 2.33. The molecule has 0 unspecified atom stereocenters. The Hall–Kier alpha value is -1.36. The molecule has 0 spiro atoms. The lowest BCUT2D eigenvalue weighted by molar-refractivity contribution is -0.136. The highest BCUT2D eigenvalue weighted by Crippen LogP contribution is 2.30.